The molecule has 0 atom stereocenters. The molecule has 0 radical (unpaired) electrons. The third-order valence-corrected chi connectivity index (χ3v) is 4.45. The van der Waals surface area contributed by atoms with Gasteiger partial charge in [0, 0.05) is 13.0 Å². The largest absolute Gasteiger partial charge is 0.444 e. The summed E-state index contributed by atoms with van der Waals surface area (Å²) in [6.45, 7) is 5.00. The number of nitrogens with zero attached hydrogens (tertiary/aromatic N) is 1. The van der Waals surface area contributed by atoms with E-state index in [9.17, 15) is 4.79 Å². The quantitative estimate of drug-likeness (QED) is 0.864. The van der Waals surface area contributed by atoms with Crippen LogP contribution in [-0.2, 0) is 17.8 Å². The van der Waals surface area contributed by atoms with E-state index in [-0.39, 0.29) is 5.91 Å². The minimum atomic E-state index is -0.396. The van der Waals surface area contributed by atoms with Gasteiger partial charge >= 0.3 is 0 Å². The minimum Gasteiger partial charge on any atom is -0.444 e. The lowest BCUT2D eigenvalue weighted by atomic mass is 9.70. The van der Waals surface area contributed by atoms with Gasteiger partial charge in [-0.25, -0.2) is 4.98 Å². The van der Waals surface area contributed by atoms with Crippen LogP contribution >= 0.6 is 0 Å². The van der Waals surface area contributed by atoms with Gasteiger partial charge in [-0.05, 0) is 31.6 Å². The molecule has 2 rings (SSSR count). The number of carbonyl (C=O) groups is 1. The van der Waals surface area contributed by atoms with Crippen LogP contribution in [-0.4, -0.2) is 17.4 Å². The predicted octanol–water partition coefficient (Wildman–Crippen LogP) is 2.01. The Labute approximate surface area is 120 Å². The lowest BCUT2D eigenvalue weighted by Gasteiger charge is -2.37. The number of nitrogens with two attached hydrogens (primary N) is 1. The Bertz CT molecular complexity index is 448. The molecule has 1 aromatic heterocycles. The van der Waals surface area contributed by atoms with Crippen LogP contribution in [0.15, 0.2) is 10.6 Å². The van der Waals surface area contributed by atoms with E-state index in [0.717, 1.165) is 37.9 Å². The number of hydrogen-bond donors (Lipinski definition) is 2. The van der Waals surface area contributed by atoms with Crippen molar-refractivity contribution in [1.29, 1.82) is 0 Å². The van der Waals surface area contributed by atoms with E-state index in [1.165, 1.54) is 0 Å². The first kappa shape index (κ1) is 15.0. The van der Waals surface area contributed by atoms with Gasteiger partial charge in [-0.15, -0.1) is 0 Å². The summed E-state index contributed by atoms with van der Waals surface area (Å²) in [6.07, 6.45) is 6.42. The molecule has 1 aliphatic rings. The summed E-state index contributed by atoms with van der Waals surface area (Å²) in [4.78, 5) is 16.6. The van der Waals surface area contributed by atoms with E-state index in [4.69, 9.17) is 10.2 Å². The number of aryl methyl sites for hydroxylation is 1. The third kappa shape index (κ3) is 3.20. The van der Waals surface area contributed by atoms with E-state index < -0.39 is 5.41 Å². The van der Waals surface area contributed by atoms with Crippen molar-refractivity contribution in [3.8, 4) is 0 Å². The van der Waals surface area contributed by atoms with Gasteiger partial charge in [0.05, 0.1) is 18.2 Å². The molecule has 112 valence electrons. The molecule has 0 bridgehead atoms. The molecule has 5 nitrogen and oxygen atoms in total. The first-order valence-corrected chi connectivity index (χ1v) is 7.51. The fraction of sp³-hybridized carbons (Fsp3) is 0.733. The summed E-state index contributed by atoms with van der Waals surface area (Å²) in [5, 5.41) is 2.94. The number of amides is 1. The molecule has 20 heavy (non-hydrogen) atoms. The van der Waals surface area contributed by atoms with Gasteiger partial charge in [0.15, 0.2) is 0 Å². The monoisotopic (exact) mass is 279 g/mol. The second-order valence-corrected chi connectivity index (χ2v) is 5.92. The first-order valence-electron chi connectivity index (χ1n) is 7.51. The molecular weight excluding hydrogens is 254 g/mol. The fourth-order valence-corrected chi connectivity index (χ4v) is 2.78. The van der Waals surface area contributed by atoms with Crippen LogP contribution in [0, 0.1) is 11.3 Å². The Morgan fingerprint density at radius 1 is 1.55 bits per heavy atom. The number of nitrogens with one attached hydrogen (secondary N) is 1. The van der Waals surface area contributed by atoms with Crippen molar-refractivity contribution in [2.75, 3.05) is 6.54 Å². The Kier molecular flexibility index (Phi) is 4.81. The second-order valence-electron chi connectivity index (χ2n) is 5.92. The molecule has 0 aromatic carbocycles. The summed E-state index contributed by atoms with van der Waals surface area (Å²) >= 11 is 0. The van der Waals surface area contributed by atoms with Gasteiger partial charge in [-0.2, -0.15) is 0 Å². The number of rotatable bonds is 5. The van der Waals surface area contributed by atoms with Crippen molar-refractivity contribution in [3.05, 3.63) is 17.8 Å². The Balaban J connectivity index is 1.92. The third-order valence-electron chi connectivity index (χ3n) is 4.45. The van der Waals surface area contributed by atoms with Crippen molar-refractivity contribution in [3.63, 3.8) is 0 Å². The normalized spacial score (nSPS) is 26.4. The zero-order valence-corrected chi connectivity index (χ0v) is 12.4. The molecule has 0 spiro atoms. The fourth-order valence-electron chi connectivity index (χ4n) is 2.78. The van der Waals surface area contributed by atoms with Gasteiger partial charge in [-0.1, -0.05) is 13.8 Å². The van der Waals surface area contributed by atoms with Gasteiger partial charge < -0.3 is 15.5 Å². The highest BCUT2D eigenvalue weighted by atomic mass is 16.4. The van der Waals surface area contributed by atoms with Crippen molar-refractivity contribution in [1.82, 2.24) is 10.3 Å². The highest BCUT2D eigenvalue weighted by molar-refractivity contribution is 5.82. The van der Waals surface area contributed by atoms with E-state index >= 15 is 0 Å². The van der Waals surface area contributed by atoms with Crippen molar-refractivity contribution >= 4 is 5.91 Å². The summed E-state index contributed by atoms with van der Waals surface area (Å²) in [6, 6.07) is 0. The van der Waals surface area contributed by atoms with E-state index in [1.807, 2.05) is 6.92 Å². The SMILES string of the molecule is CCc1cnc(CNC(=O)C2(CN)CCC(C)CC2)o1. The summed E-state index contributed by atoms with van der Waals surface area (Å²) in [5.74, 6) is 2.14. The average molecular weight is 279 g/mol. The standard InChI is InChI=1S/C15H25N3O2/c1-3-12-8-17-13(20-12)9-18-14(19)15(10-16)6-4-11(2)5-7-15/h8,11H,3-7,9-10,16H2,1-2H3,(H,18,19). The average Bonchev–Trinajstić information content (AvgIpc) is 2.94. The van der Waals surface area contributed by atoms with Gasteiger partial charge in [0.2, 0.25) is 11.8 Å². The highest BCUT2D eigenvalue weighted by Crippen LogP contribution is 2.38. The van der Waals surface area contributed by atoms with Crippen LogP contribution in [0.2, 0.25) is 0 Å². The van der Waals surface area contributed by atoms with Crippen LogP contribution in [0.3, 0.4) is 0 Å². The molecule has 0 aliphatic heterocycles. The Morgan fingerprint density at radius 3 is 2.80 bits per heavy atom. The molecule has 1 aliphatic carbocycles. The van der Waals surface area contributed by atoms with Crippen LogP contribution in [0.1, 0.15) is 51.2 Å². The number of hydrogen-bond acceptors (Lipinski definition) is 4. The molecule has 0 saturated heterocycles. The maximum Gasteiger partial charge on any atom is 0.227 e. The van der Waals surface area contributed by atoms with E-state index in [0.29, 0.717) is 24.9 Å². The number of carbonyl (C=O) groups excluding carboxylic acids is 1. The molecule has 3 N–H and O–H groups in total. The van der Waals surface area contributed by atoms with Crippen molar-refractivity contribution < 1.29 is 9.21 Å². The molecule has 1 heterocycles. The molecule has 1 saturated carbocycles. The smallest absolute Gasteiger partial charge is 0.227 e. The van der Waals surface area contributed by atoms with E-state index in [1.54, 1.807) is 6.20 Å². The molecule has 0 unspecified atom stereocenters. The van der Waals surface area contributed by atoms with Gasteiger partial charge in [0.25, 0.3) is 0 Å². The van der Waals surface area contributed by atoms with Gasteiger partial charge in [0.1, 0.15) is 5.76 Å². The van der Waals surface area contributed by atoms with Gasteiger partial charge in [-0.3, -0.25) is 4.79 Å². The Hall–Kier alpha value is -1.36. The maximum atomic E-state index is 12.4. The number of aromatic nitrogens is 1. The van der Waals surface area contributed by atoms with Crippen LogP contribution < -0.4 is 11.1 Å². The van der Waals surface area contributed by atoms with Crippen molar-refractivity contribution in [2.45, 2.75) is 52.5 Å². The maximum absolute atomic E-state index is 12.4. The first-order chi connectivity index (χ1) is 9.59. The summed E-state index contributed by atoms with van der Waals surface area (Å²) in [7, 11) is 0. The van der Waals surface area contributed by atoms with Crippen LogP contribution in [0.4, 0.5) is 0 Å². The molecule has 5 heteroatoms. The molecule has 1 amide bonds. The predicted molar refractivity (Wildman–Crippen MR) is 76.8 cm³/mol. The Morgan fingerprint density at radius 2 is 2.25 bits per heavy atom. The minimum absolute atomic E-state index is 0.0446. The molecule has 1 fully saturated rings. The summed E-state index contributed by atoms with van der Waals surface area (Å²) in [5.41, 5.74) is 5.48. The molecular formula is C15H25N3O2. The molecule has 1 aromatic rings. The van der Waals surface area contributed by atoms with Crippen LogP contribution in [0.5, 0.6) is 0 Å². The topological polar surface area (TPSA) is 81.2 Å². The second kappa shape index (κ2) is 6.39. The zero-order chi connectivity index (χ0) is 14.6. The number of oxazole rings is 1. The lowest BCUT2D eigenvalue weighted by molar-refractivity contribution is -0.133. The van der Waals surface area contributed by atoms with Crippen molar-refractivity contribution in [2.24, 2.45) is 17.1 Å². The lowest BCUT2D eigenvalue weighted by Crippen LogP contribution is -2.47. The zero-order valence-electron chi connectivity index (χ0n) is 12.4. The summed E-state index contributed by atoms with van der Waals surface area (Å²) < 4.78 is 5.50. The van der Waals surface area contributed by atoms with E-state index in [2.05, 4.69) is 17.2 Å². The highest BCUT2D eigenvalue weighted by Gasteiger charge is 2.39. The van der Waals surface area contributed by atoms with Crippen LogP contribution in [0.25, 0.3) is 0 Å².